The lowest BCUT2D eigenvalue weighted by Crippen LogP contribution is -2.19. The number of hydrogen-bond donors (Lipinski definition) is 1. The average Bonchev–Trinajstić information content (AvgIpc) is 2.65. The molecule has 0 aliphatic rings. The second-order valence-electron chi connectivity index (χ2n) is 5.26. The molecule has 0 saturated heterocycles. The van der Waals surface area contributed by atoms with Gasteiger partial charge in [0, 0.05) is 5.56 Å². The van der Waals surface area contributed by atoms with Gasteiger partial charge in [0.2, 0.25) is 0 Å². The summed E-state index contributed by atoms with van der Waals surface area (Å²) in [5.74, 6) is 0.770. The van der Waals surface area contributed by atoms with E-state index in [1.807, 2.05) is 19.1 Å². The van der Waals surface area contributed by atoms with Gasteiger partial charge in [0.05, 0.1) is 19.9 Å². The van der Waals surface area contributed by atoms with E-state index < -0.39 is 0 Å². The van der Waals surface area contributed by atoms with E-state index in [9.17, 15) is 4.79 Å². The van der Waals surface area contributed by atoms with E-state index in [-0.39, 0.29) is 5.91 Å². The topological polar surface area (TPSA) is 59.9 Å². The van der Waals surface area contributed by atoms with Crippen LogP contribution in [0.25, 0.3) is 0 Å². The number of hydrazone groups is 1. The van der Waals surface area contributed by atoms with E-state index in [0.29, 0.717) is 17.1 Å². The molecule has 0 aliphatic carbocycles. The van der Waals surface area contributed by atoms with Gasteiger partial charge in [-0.2, -0.15) is 5.10 Å². The van der Waals surface area contributed by atoms with Crippen LogP contribution in [-0.2, 0) is 6.42 Å². The highest BCUT2D eigenvalue weighted by molar-refractivity contribution is 6.01. The third-order valence-corrected chi connectivity index (χ3v) is 3.75. The normalized spacial score (nSPS) is 11.1. The molecule has 1 amide bonds. The molecule has 2 aromatic carbocycles. The monoisotopic (exact) mass is 326 g/mol. The molecular formula is C19H22N2O3. The lowest BCUT2D eigenvalue weighted by Gasteiger charge is -2.09. The fourth-order valence-corrected chi connectivity index (χ4v) is 2.22. The molecule has 24 heavy (non-hydrogen) atoms. The van der Waals surface area contributed by atoms with Crippen LogP contribution in [0.1, 0.15) is 35.3 Å². The quantitative estimate of drug-likeness (QED) is 0.653. The summed E-state index contributed by atoms with van der Waals surface area (Å²) in [7, 11) is 3.08. The highest BCUT2D eigenvalue weighted by Crippen LogP contribution is 2.27. The summed E-state index contributed by atoms with van der Waals surface area (Å²) in [6.45, 7) is 3.97. The molecule has 0 fully saturated rings. The van der Waals surface area contributed by atoms with Crippen molar-refractivity contribution in [3.8, 4) is 11.5 Å². The maximum atomic E-state index is 12.2. The van der Waals surface area contributed by atoms with E-state index in [1.54, 1.807) is 25.3 Å². The smallest absolute Gasteiger partial charge is 0.271 e. The number of ether oxygens (including phenoxy) is 2. The number of amides is 1. The minimum atomic E-state index is -0.305. The Kier molecular flexibility index (Phi) is 5.95. The number of nitrogens with one attached hydrogen (secondary N) is 1. The Bertz CT molecular complexity index is 737. The molecule has 5 heteroatoms. The summed E-state index contributed by atoms with van der Waals surface area (Å²) in [6, 6.07) is 13.1. The number of carbonyl (C=O) groups excluding carboxylic acids is 1. The molecule has 0 aliphatic heterocycles. The van der Waals surface area contributed by atoms with Crippen molar-refractivity contribution in [2.45, 2.75) is 20.3 Å². The maximum absolute atomic E-state index is 12.2. The van der Waals surface area contributed by atoms with Gasteiger partial charge in [-0.15, -0.1) is 0 Å². The van der Waals surface area contributed by atoms with Gasteiger partial charge in [-0.05, 0) is 42.7 Å². The summed E-state index contributed by atoms with van der Waals surface area (Å²) in [5.41, 5.74) is 6.00. The van der Waals surface area contributed by atoms with Crippen molar-refractivity contribution in [2.75, 3.05) is 14.2 Å². The minimum absolute atomic E-state index is 0.305. The summed E-state index contributed by atoms with van der Waals surface area (Å²) < 4.78 is 10.4. The van der Waals surface area contributed by atoms with Crippen LogP contribution in [0.4, 0.5) is 0 Å². The van der Waals surface area contributed by atoms with Crippen molar-refractivity contribution in [1.82, 2.24) is 5.43 Å². The Hall–Kier alpha value is -2.82. The standard InChI is InChI=1S/C19H22N2O3/c1-5-14-6-8-15(9-7-14)13(2)20-21-19(22)16-10-11-17(23-3)18(12-16)24-4/h6-12H,5H2,1-4H3,(H,21,22)/b20-13-. The van der Waals surface area contributed by atoms with Crippen LogP contribution in [0.3, 0.4) is 0 Å². The minimum Gasteiger partial charge on any atom is -0.493 e. The lowest BCUT2D eigenvalue weighted by molar-refractivity contribution is 0.0954. The molecule has 1 N–H and O–H groups in total. The third-order valence-electron chi connectivity index (χ3n) is 3.75. The summed E-state index contributed by atoms with van der Waals surface area (Å²) in [5, 5.41) is 4.17. The van der Waals surface area contributed by atoms with Gasteiger partial charge >= 0.3 is 0 Å². The van der Waals surface area contributed by atoms with Crippen molar-refractivity contribution in [3.63, 3.8) is 0 Å². The van der Waals surface area contributed by atoms with Crippen LogP contribution in [0.5, 0.6) is 11.5 Å². The molecular weight excluding hydrogens is 304 g/mol. The zero-order valence-electron chi connectivity index (χ0n) is 14.4. The fourth-order valence-electron chi connectivity index (χ4n) is 2.22. The van der Waals surface area contributed by atoms with Gasteiger partial charge in [-0.25, -0.2) is 5.43 Å². The first-order chi connectivity index (χ1) is 11.6. The zero-order chi connectivity index (χ0) is 17.5. The fraction of sp³-hybridized carbons (Fsp3) is 0.263. The van der Waals surface area contributed by atoms with E-state index in [2.05, 4.69) is 29.6 Å². The SMILES string of the molecule is CCc1ccc(/C(C)=N\NC(=O)c2ccc(OC)c(OC)c2)cc1. The van der Waals surface area contributed by atoms with Crippen molar-refractivity contribution in [1.29, 1.82) is 0 Å². The second kappa shape index (κ2) is 8.15. The molecule has 0 atom stereocenters. The van der Waals surface area contributed by atoms with Crippen LogP contribution in [-0.4, -0.2) is 25.8 Å². The maximum Gasteiger partial charge on any atom is 0.271 e. The number of aryl methyl sites for hydroxylation is 1. The molecule has 126 valence electrons. The molecule has 0 unspecified atom stereocenters. The van der Waals surface area contributed by atoms with Gasteiger partial charge in [0.1, 0.15) is 0 Å². The number of methoxy groups -OCH3 is 2. The predicted molar refractivity (Wildman–Crippen MR) is 95.0 cm³/mol. The van der Waals surface area contributed by atoms with Crippen molar-refractivity contribution in [3.05, 3.63) is 59.2 Å². The van der Waals surface area contributed by atoms with Crippen LogP contribution >= 0.6 is 0 Å². The number of benzene rings is 2. The molecule has 0 bridgehead atoms. The molecule has 0 radical (unpaired) electrons. The van der Waals surface area contributed by atoms with Crippen LogP contribution in [0.15, 0.2) is 47.6 Å². The molecule has 0 aromatic heterocycles. The Morgan fingerprint density at radius 1 is 1.00 bits per heavy atom. The molecule has 2 rings (SSSR count). The van der Waals surface area contributed by atoms with Gasteiger partial charge in [-0.1, -0.05) is 31.2 Å². The number of rotatable bonds is 6. The average molecular weight is 326 g/mol. The first-order valence-electron chi connectivity index (χ1n) is 7.75. The van der Waals surface area contributed by atoms with Crippen LogP contribution in [0.2, 0.25) is 0 Å². The van der Waals surface area contributed by atoms with Crippen LogP contribution in [0, 0.1) is 0 Å². The zero-order valence-corrected chi connectivity index (χ0v) is 14.4. The van der Waals surface area contributed by atoms with E-state index in [1.165, 1.54) is 12.7 Å². The Morgan fingerprint density at radius 3 is 2.21 bits per heavy atom. The van der Waals surface area contributed by atoms with Crippen LogP contribution < -0.4 is 14.9 Å². The van der Waals surface area contributed by atoms with Gasteiger partial charge in [-0.3, -0.25) is 4.79 Å². The summed E-state index contributed by atoms with van der Waals surface area (Å²) >= 11 is 0. The van der Waals surface area contributed by atoms with E-state index in [0.717, 1.165) is 17.7 Å². The highest BCUT2D eigenvalue weighted by atomic mass is 16.5. The van der Waals surface area contributed by atoms with Crippen molar-refractivity contribution in [2.24, 2.45) is 5.10 Å². The summed E-state index contributed by atoms with van der Waals surface area (Å²) in [6.07, 6.45) is 0.993. The summed E-state index contributed by atoms with van der Waals surface area (Å²) in [4.78, 5) is 12.2. The second-order valence-corrected chi connectivity index (χ2v) is 5.26. The van der Waals surface area contributed by atoms with Crippen molar-refractivity contribution < 1.29 is 14.3 Å². The molecule has 0 spiro atoms. The van der Waals surface area contributed by atoms with E-state index >= 15 is 0 Å². The molecule has 0 saturated carbocycles. The molecule has 2 aromatic rings. The third kappa shape index (κ3) is 4.13. The Labute approximate surface area is 142 Å². The molecule has 0 heterocycles. The van der Waals surface area contributed by atoms with E-state index in [4.69, 9.17) is 9.47 Å². The highest BCUT2D eigenvalue weighted by Gasteiger charge is 2.10. The first kappa shape index (κ1) is 17.5. The molecule has 5 nitrogen and oxygen atoms in total. The van der Waals surface area contributed by atoms with Gasteiger partial charge in [0.15, 0.2) is 11.5 Å². The Morgan fingerprint density at radius 2 is 1.62 bits per heavy atom. The largest absolute Gasteiger partial charge is 0.493 e. The van der Waals surface area contributed by atoms with Gasteiger partial charge < -0.3 is 9.47 Å². The van der Waals surface area contributed by atoms with Crippen molar-refractivity contribution >= 4 is 11.6 Å². The van der Waals surface area contributed by atoms with Gasteiger partial charge in [0.25, 0.3) is 5.91 Å². The predicted octanol–water partition coefficient (Wildman–Crippen LogP) is 3.42. The number of hydrogen-bond acceptors (Lipinski definition) is 4. The number of carbonyl (C=O) groups is 1. The number of nitrogens with zero attached hydrogens (tertiary/aromatic N) is 1. The first-order valence-corrected chi connectivity index (χ1v) is 7.75. The lowest BCUT2D eigenvalue weighted by atomic mass is 10.1. The Balaban J connectivity index is 2.10.